The van der Waals surface area contributed by atoms with Gasteiger partial charge in [0.05, 0.1) is 5.56 Å². The Balaban J connectivity index is 1.69. The highest BCUT2D eigenvalue weighted by atomic mass is 16.5. The molecule has 0 radical (unpaired) electrons. The quantitative estimate of drug-likeness (QED) is 0.505. The Kier molecular flexibility index (Phi) is 6.19. The molecule has 0 saturated carbocycles. The summed E-state index contributed by atoms with van der Waals surface area (Å²) >= 11 is 0. The zero-order valence-corrected chi connectivity index (χ0v) is 16.3. The summed E-state index contributed by atoms with van der Waals surface area (Å²) < 4.78 is 5.16. The van der Waals surface area contributed by atoms with E-state index in [0.29, 0.717) is 11.3 Å². The smallest absolute Gasteiger partial charge is 0.339 e. The number of aryl methyl sites for hydroxylation is 1. The van der Waals surface area contributed by atoms with E-state index in [0.717, 1.165) is 11.1 Å². The molecule has 5 heteroatoms. The van der Waals surface area contributed by atoms with Gasteiger partial charge in [0.15, 0.2) is 12.4 Å². The molecule has 0 aliphatic carbocycles. The number of carbonyl (C=O) groups excluding carboxylic acids is 3. The lowest BCUT2D eigenvalue weighted by Crippen LogP contribution is -2.22. The number of rotatable bonds is 6. The van der Waals surface area contributed by atoms with Crippen molar-refractivity contribution in [1.29, 1.82) is 0 Å². The first-order valence-electron chi connectivity index (χ1n) is 9.19. The van der Waals surface area contributed by atoms with Gasteiger partial charge in [0, 0.05) is 16.8 Å². The Morgan fingerprint density at radius 2 is 1.45 bits per heavy atom. The summed E-state index contributed by atoms with van der Waals surface area (Å²) in [4.78, 5) is 37.5. The summed E-state index contributed by atoms with van der Waals surface area (Å²) in [6, 6.07) is 20.7. The summed E-state index contributed by atoms with van der Waals surface area (Å²) in [7, 11) is 0. The van der Waals surface area contributed by atoms with E-state index in [1.165, 1.54) is 6.07 Å². The molecule has 146 valence electrons. The van der Waals surface area contributed by atoms with E-state index in [4.69, 9.17) is 4.74 Å². The van der Waals surface area contributed by atoms with Gasteiger partial charge in [-0.25, -0.2) is 4.79 Å². The van der Waals surface area contributed by atoms with Crippen LogP contribution in [-0.4, -0.2) is 24.3 Å². The van der Waals surface area contributed by atoms with E-state index >= 15 is 0 Å². The van der Waals surface area contributed by atoms with Crippen LogP contribution in [0, 0.1) is 13.8 Å². The number of benzene rings is 3. The van der Waals surface area contributed by atoms with E-state index in [-0.39, 0.29) is 16.9 Å². The van der Waals surface area contributed by atoms with Gasteiger partial charge in [-0.05, 0) is 37.1 Å². The zero-order valence-electron chi connectivity index (χ0n) is 16.3. The van der Waals surface area contributed by atoms with Crippen molar-refractivity contribution in [2.24, 2.45) is 0 Å². The molecule has 0 aliphatic rings. The number of hydrogen-bond acceptors (Lipinski definition) is 4. The lowest BCUT2D eigenvalue weighted by atomic mass is 9.98. The normalized spacial score (nSPS) is 10.3. The van der Waals surface area contributed by atoms with E-state index in [9.17, 15) is 14.4 Å². The van der Waals surface area contributed by atoms with Crippen LogP contribution < -0.4 is 5.32 Å². The van der Waals surface area contributed by atoms with Crippen molar-refractivity contribution in [3.05, 3.63) is 101 Å². The van der Waals surface area contributed by atoms with Crippen LogP contribution in [-0.2, 0) is 9.53 Å². The Morgan fingerprint density at radius 3 is 2.17 bits per heavy atom. The second-order valence-corrected chi connectivity index (χ2v) is 6.61. The molecule has 3 rings (SSSR count). The first-order chi connectivity index (χ1) is 14.0. The SMILES string of the molecule is Cc1cccc(NC(=O)COC(=O)c2ccccc2C(=O)c2ccccc2)c1C. The molecule has 0 bridgehead atoms. The van der Waals surface area contributed by atoms with Crippen LogP contribution >= 0.6 is 0 Å². The molecule has 5 nitrogen and oxygen atoms in total. The number of ketones is 1. The monoisotopic (exact) mass is 387 g/mol. The van der Waals surface area contributed by atoms with Crippen molar-refractivity contribution >= 4 is 23.3 Å². The highest BCUT2D eigenvalue weighted by Crippen LogP contribution is 2.18. The molecular weight excluding hydrogens is 366 g/mol. The van der Waals surface area contributed by atoms with Crippen LogP contribution in [0.15, 0.2) is 72.8 Å². The molecule has 0 fully saturated rings. The van der Waals surface area contributed by atoms with Gasteiger partial charge in [-0.2, -0.15) is 0 Å². The summed E-state index contributed by atoms with van der Waals surface area (Å²) in [5.41, 5.74) is 3.50. The number of esters is 1. The van der Waals surface area contributed by atoms with E-state index < -0.39 is 18.5 Å². The molecular formula is C24H21NO4. The minimum absolute atomic E-state index is 0.126. The lowest BCUT2D eigenvalue weighted by molar-refractivity contribution is -0.119. The number of nitrogens with one attached hydrogen (secondary N) is 1. The number of carbonyl (C=O) groups is 3. The summed E-state index contributed by atoms with van der Waals surface area (Å²) in [5.74, 6) is -1.45. The second-order valence-electron chi connectivity index (χ2n) is 6.61. The first-order valence-corrected chi connectivity index (χ1v) is 9.19. The Morgan fingerprint density at radius 1 is 0.793 bits per heavy atom. The van der Waals surface area contributed by atoms with Crippen molar-refractivity contribution in [3.63, 3.8) is 0 Å². The molecule has 1 amide bonds. The Bertz CT molecular complexity index is 1060. The van der Waals surface area contributed by atoms with Crippen LogP contribution in [0.3, 0.4) is 0 Å². The number of hydrogen-bond donors (Lipinski definition) is 1. The molecule has 29 heavy (non-hydrogen) atoms. The van der Waals surface area contributed by atoms with Crippen molar-refractivity contribution in [2.75, 3.05) is 11.9 Å². The highest BCUT2D eigenvalue weighted by molar-refractivity contribution is 6.14. The van der Waals surface area contributed by atoms with Gasteiger partial charge in [-0.1, -0.05) is 60.7 Å². The van der Waals surface area contributed by atoms with Crippen LogP contribution in [0.4, 0.5) is 5.69 Å². The first kappa shape index (κ1) is 20.0. The fourth-order valence-electron chi connectivity index (χ4n) is 2.89. The van der Waals surface area contributed by atoms with Gasteiger partial charge in [0.2, 0.25) is 0 Å². The molecule has 0 saturated heterocycles. The van der Waals surface area contributed by atoms with Crippen LogP contribution in [0.5, 0.6) is 0 Å². The van der Waals surface area contributed by atoms with Crippen molar-refractivity contribution in [1.82, 2.24) is 0 Å². The molecule has 1 N–H and O–H groups in total. The maximum atomic E-state index is 12.7. The van der Waals surface area contributed by atoms with E-state index in [2.05, 4.69) is 5.32 Å². The third-order valence-electron chi connectivity index (χ3n) is 4.64. The van der Waals surface area contributed by atoms with Crippen LogP contribution in [0.2, 0.25) is 0 Å². The third-order valence-corrected chi connectivity index (χ3v) is 4.64. The summed E-state index contributed by atoms with van der Waals surface area (Å²) in [5, 5.41) is 2.74. The average molecular weight is 387 g/mol. The third kappa shape index (κ3) is 4.76. The van der Waals surface area contributed by atoms with Gasteiger partial charge in [0.1, 0.15) is 0 Å². The predicted octanol–water partition coefficient (Wildman–Crippen LogP) is 4.33. The average Bonchev–Trinajstić information content (AvgIpc) is 2.75. The molecule has 0 unspecified atom stereocenters. The molecule has 0 atom stereocenters. The Labute approximate surface area is 169 Å². The van der Waals surface area contributed by atoms with Gasteiger partial charge >= 0.3 is 5.97 Å². The van der Waals surface area contributed by atoms with E-state index in [1.54, 1.807) is 48.5 Å². The number of anilines is 1. The fourth-order valence-corrected chi connectivity index (χ4v) is 2.89. The molecule has 0 spiro atoms. The van der Waals surface area contributed by atoms with Gasteiger partial charge < -0.3 is 10.1 Å². The second kappa shape index (κ2) is 8.97. The highest BCUT2D eigenvalue weighted by Gasteiger charge is 2.20. The van der Waals surface area contributed by atoms with Crippen molar-refractivity contribution < 1.29 is 19.1 Å². The standard InChI is InChI=1S/C24H21NO4/c1-16-9-8-14-21(17(16)2)25-22(26)15-29-24(28)20-13-7-6-12-19(20)23(27)18-10-4-3-5-11-18/h3-14H,15H2,1-2H3,(H,25,26). The number of ether oxygens (including phenoxy) is 1. The predicted molar refractivity (Wildman–Crippen MR) is 111 cm³/mol. The number of amides is 1. The minimum Gasteiger partial charge on any atom is -0.452 e. The maximum absolute atomic E-state index is 12.7. The molecule has 0 aromatic heterocycles. The van der Waals surface area contributed by atoms with Crippen molar-refractivity contribution in [2.45, 2.75) is 13.8 Å². The topological polar surface area (TPSA) is 72.5 Å². The zero-order chi connectivity index (χ0) is 20.8. The molecule has 0 heterocycles. The molecule has 3 aromatic carbocycles. The maximum Gasteiger partial charge on any atom is 0.339 e. The largest absolute Gasteiger partial charge is 0.452 e. The lowest BCUT2D eigenvalue weighted by Gasteiger charge is -2.11. The van der Waals surface area contributed by atoms with Crippen molar-refractivity contribution in [3.8, 4) is 0 Å². The van der Waals surface area contributed by atoms with Gasteiger partial charge in [-0.3, -0.25) is 9.59 Å². The minimum atomic E-state index is -0.721. The molecule has 3 aromatic rings. The van der Waals surface area contributed by atoms with Crippen LogP contribution in [0.25, 0.3) is 0 Å². The van der Waals surface area contributed by atoms with E-state index in [1.807, 2.05) is 32.0 Å². The molecule has 0 aliphatic heterocycles. The van der Waals surface area contributed by atoms with Gasteiger partial charge in [-0.15, -0.1) is 0 Å². The summed E-state index contributed by atoms with van der Waals surface area (Å²) in [6.07, 6.45) is 0. The summed E-state index contributed by atoms with van der Waals surface area (Å²) in [6.45, 7) is 3.41. The fraction of sp³-hybridized carbons (Fsp3) is 0.125. The van der Waals surface area contributed by atoms with Gasteiger partial charge in [0.25, 0.3) is 5.91 Å². The van der Waals surface area contributed by atoms with Crippen LogP contribution in [0.1, 0.15) is 37.4 Å². The Hall–Kier alpha value is -3.73.